The van der Waals surface area contributed by atoms with E-state index in [2.05, 4.69) is 25.2 Å². The van der Waals surface area contributed by atoms with E-state index in [1.165, 1.54) is 24.5 Å². The maximum atomic E-state index is 13.3. The lowest BCUT2D eigenvalue weighted by atomic mass is 9.44. The molecule has 4 atom stereocenters. The number of carbonyl (C=O) groups is 2. The van der Waals surface area contributed by atoms with Gasteiger partial charge in [-0.2, -0.15) is 0 Å². The number of amides is 1. The summed E-state index contributed by atoms with van der Waals surface area (Å²) in [5, 5.41) is 12.0. The minimum absolute atomic E-state index is 0.0101. The van der Waals surface area contributed by atoms with Gasteiger partial charge in [-0.1, -0.05) is 32.1 Å². The minimum Gasteiger partial charge on any atom is -0.481 e. The first-order valence-corrected chi connectivity index (χ1v) is 13.7. The van der Waals surface area contributed by atoms with Gasteiger partial charge in [-0.05, 0) is 85.6 Å². The highest BCUT2D eigenvalue weighted by Gasteiger charge is 2.57. The summed E-state index contributed by atoms with van der Waals surface area (Å²) in [7, 11) is -3.75. The lowest BCUT2D eigenvalue weighted by Crippen LogP contribution is -2.63. The van der Waals surface area contributed by atoms with E-state index in [4.69, 9.17) is 5.11 Å². The summed E-state index contributed by atoms with van der Waals surface area (Å²) in [6.07, 6.45) is 11.6. The van der Waals surface area contributed by atoms with Crippen LogP contribution in [0.4, 0.5) is 0 Å². The normalized spacial score (nSPS) is 25.2. The third kappa shape index (κ3) is 5.22. The van der Waals surface area contributed by atoms with Crippen molar-refractivity contribution in [3.8, 4) is 0 Å². The molecule has 2 bridgehead atoms. The van der Waals surface area contributed by atoms with Gasteiger partial charge in [-0.25, -0.2) is 12.4 Å². The Kier molecular flexibility index (Phi) is 7.22. The highest BCUT2D eigenvalue weighted by atomic mass is 32.2. The highest BCUT2D eigenvalue weighted by molar-refractivity contribution is 7.90. The number of fused-ring (bicyclic) bond motifs is 2. The van der Waals surface area contributed by atoms with E-state index in [9.17, 15) is 18.0 Å². The number of allylic oxidation sites excluding steroid dienone is 2. The molecule has 0 radical (unpaired) electrons. The molecule has 188 valence electrons. The molecule has 3 aliphatic rings. The molecule has 7 nitrogen and oxygen atoms in total. The van der Waals surface area contributed by atoms with Crippen molar-refractivity contribution < 1.29 is 23.1 Å². The molecule has 3 aliphatic carbocycles. The molecule has 0 spiro atoms. The maximum absolute atomic E-state index is 13.3. The van der Waals surface area contributed by atoms with E-state index in [-0.39, 0.29) is 28.7 Å². The Balaban J connectivity index is 1.47. The number of hydrogen-bond donors (Lipinski definition) is 2. The summed E-state index contributed by atoms with van der Waals surface area (Å²) in [5.74, 6) is 0.291. The zero-order valence-electron chi connectivity index (χ0n) is 20.3. The van der Waals surface area contributed by atoms with Crippen LogP contribution in [0.25, 0.3) is 0 Å². The lowest BCUT2D eigenvalue weighted by Gasteiger charge is -2.62. The van der Waals surface area contributed by atoms with Gasteiger partial charge in [-0.3, -0.25) is 9.59 Å². The zero-order valence-corrected chi connectivity index (χ0v) is 21.1. The number of carbonyl (C=O) groups excluding carboxylic acids is 1. The van der Waals surface area contributed by atoms with Crippen LogP contribution in [0.5, 0.6) is 0 Å². The van der Waals surface area contributed by atoms with Gasteiger partial charge < -0.3 is 10.4 Å². The van der Waals surface area contributed by atoms with Crippen LogP contribution < -0.4 is 5.32 Å². The molecule has 1 aromatic carbocycles. The largest absolute Gasteiger partial charge is 0.481 e. The molecular formula is C27H34N2O5S. The number of nitrogens with zero attached hydrogens (tertiary/aromatic N) is 1. The molecule has 0 aliphatic heterocycles. The minimum atomic E-state index is -3.75. The quantitative estimate of drug-likeness (QED) is 0.365. The molecule has 1 heterocycles. The molecule has 0 unspecified atom stereocenters. The van der Waals surface area contributed by atoms with Gasteiger partial charge in [-0.15, -0.1) is 0 Å². The van der Waals surface area contributed by atoms with Crippen LogP contribution in [0, 0.1) is 23.2 Å². The first-order valence-electron chi connectivity index (χ1n) is 12.3. The number of carboxylic acids is 1. The van der Waals surface area contributed by atoms with Crippen molar-refractivity contribution in [2.75, 3.05) is 0 Å². The molecule has 3 saturated carbocycles. The van der Waals surface area contributed by atoms with Gasteiger partial charge in [0.25, 0.3) is 15.9 Å². The molecule has 0 saturated heterocycles. The van der Waals surface area contributed by atoms with Crippen molar-refractivity contribution in [2.45, 2.75) is 63.3 Å². The summed E-state index contributed by atoms with van der Waals surface area (Å²) in [4.78, 5) is 24.0. The van der Waals surface area contributed by atoms with E-state index in [1.807, 2.05) is 6.08 Å². The van der Waals surface area contributed by atoms with Gasteiger partial charge in [0.2, 0.25) is 0 Å². The number of carboxylic acid groups (broad SMARTS) is 1. The van der Waals surface area contributed by atoms with E-state index in [0.717, 1.165) is 29.7 Å². The smallest absolute Gasteiger partial charge is 0.303 e. The fraction of sp³-hybridized carbons (Fsp3) is 0.481. The molecule has 3 fully saturated rings. The Morgan fingerprint density at radius 2 is 1.89 bits per heavy atom. The van der Waals surface area contributed by atoms with Crippen LogP contribution >= 0.6 is 0 Å². The number of aromatic nitrogens is 1. The molecule has 2 N–H and O–H groups in total. The molecule has 1 aromatic heterocycles. The monoisotopic (exact) mass is 498 g/mol. The molecule has 8 heteroatoms. The number of unbranched alkanes of at least 4 members (excludes halogenated alkanes) is 1. The third-order valence-corrected chi connectivity index (χ3v) is 9.64. The fourth-order valence-corrected chi connectivity index (χ4v) is 6.99. The van der Waals surface area contributed by atoms with Gasteiger partial charge in [0.1, 0.15) is 0 Å². The SMILES string of the molecule is CC1(C)[C@@H]2C[C@H](C/C=C/CCCC(=O)O)[C@@H](NC(=O)c3cccc(S(=O)(=O)n4cccc4)c3)[C@H]1C2. The molecule has 5 rings (SSSR count). The lowest BCUT2D eigenvalue weighted by molar-refractivity contribution is -0.137. The molecule has 2 aromatic rings. The van der Waals surface area contributed by atoms with Crippen molar-refractivity contribution in [3.63, 3.8) is 0 Å². The van der Waals surface area contributed by atoms with Crippen molar-refractivity contribution in [3.05, 3.63) is 66.5 Å². The van der Waals surface area contributed by atoms with Crippen LogP contribution in [-0.4, -0.2) is 35.4 Å². The number of aliphatic carboxylic acids is 1. The van der Waals surface area contributed by atoms with Crippen molar-refractivity contribution in [1.82, 2.24) is 9.29 Å². The van der Waals surface area contributed by atoms with E-state index in [0.29, 0.717) is 29.7 Å². The average molecular weight is 499 g/mol. The van der Waals surface area contributed by atoms with Crippen LogP contribution in [0.15, 0.2) is 65.8 Å². The summed E-state index contributed by atoms with van der Waals surface area (Å²) in [6.45, 7) is 4.54. The van der Waals surface area contributed by atoms with E-state index in [1.54, 1.807) is 24.3 Å². The topological polar surface area (TPSA) is 105 Å². The zero-order chi connectivity index (χ0) is 25.2. The van der Waals surface area contributed by atoms with Crippen molar-refractivity contribution in [2.24, 2.45) is 23.2 Å². The van der Waals surface area contributed by atoms with Crippen LogP contribution in [0.2, 0.25) is 0 Å². The Hall–Kier alpha value is -2.87. The van der Waals surface area contributed by atoms with Gasteiger partial charge in [0.05, 0.1) is 4.90 Å². The Bertz CT molecular complexity index is 1200. The molecular weight excluding hydrogens is 464 g/mol. The van der Waals surface area contributed by atoms with Crippen LogP contribution in [0.3, 0.4) is 0 Å². The van der Waals surface area contributed by atoms with Crippen molar-refractivity contribution >= 4 is 21.9 Å². The van der Waals surface area contributed by atoms with Gasteiger partial charge in [0, 0.05) is 30.4 Å². The molecule has 1 amide bonds. The second-order valence-electron chi connectivity index (χ2n) is 10.4. The predicted octanol–water partition coefficient (Wildman–Crippen LogP) is 4.71. The van der Waals surface area contributed by atoms with Crippen LogP contribution in [0.1, 0.15) is 62.7 Å². The average Bonchev–Trinajstić information content (AvgIpc) is 3.37. The van der Waals surface area contributed by atoms with Crippen molar-refractivity contribution in [1.29, 1.82) is 0 Å². The second kappa shape index (κ2) is 10.0. The highest BCUT2D eigenvalue weighted by Crippen LogP contribution is 2.61. The summed E-state index contributed by atoms with van der Waals surface area (Å²) >= 11 is 0. The van der Waals surface area contributed by atoms with Gasteiger partial charge in [0.15, 0.2) is 0 Å². The van der Waals surface area contributed by atoms with E-state index < -0.39 is 16.0 Å². The summed E-state index contributed by atoms with van der Waals surface area (Å²) < 4.78 is 26.9. The van der Waals surface area contributed by atoms with E-state index >= 15 is 0 Å². The summed E-state index contributed by atoms with van der Waals surface area (Å²) in [5.41, 5.74) is 0.500. The van der Waals surface area contributed by atoms with Crippen LogP contribution in [-0.2, 0) is 14.8 Å². The third-order valence-electron chi connectivity index (χ3n) is 7.99. The van der Waals surface area contributed by atoms with Gasteiger partial charge >= 0.3 is 5.97 Å². The Labute approximate surface area is 207 Å². The second-order valence-corrected chi connectivity index (χ2v) is 12.2. The first-order chi connectivity index (χ1) is 16.6. The molecule has 35 heavy (non-hydrogen) atoms. The number of rotatable bonds is 10. The Morgan fingerprint density at radius 3 is 2.57 bits per heavy atom. The first kappa shape index (κ1) is 25.2. The summed E-state index contributed by atoms with van der Waals surface area (Å²) in [6, 6.07) is 9.50. The number of hydrogen-bond acceptors (Lipinski definition) is 4. The maximum Gasteiger partial charge on any atom is 0.303 e. The Morgan fingerprint density at radius 1 is 1.14 bits per heavy atom. The standard InChI is InChI=1S/C27H34N2O5S/c1-27(2)21-16-19(10-5-3-4-6-13-24(30)31)25(23(27)18-21)28-26(32)20-11-9-12-22(17-20)35(33,34)29-14-7-8-15-29/h3,5,7-9,11-12,14-15,17,19,21,23,25H,4,6,10,13,16,18H2,1-2H3,(H,28,32)(H,30,31)/b5-3+/t19-,21+,23+,25+/m0/s1. The number of benzene rings is 1. The number of nitrogens with one attached hydrogen (secondary N) is 1. The predicted molar refractivity (Wildman–Crippen MR) is 133 cm³/mol. The fourth-order valence-electron chi connectivity index (χ4n) is 5.76.